The number of aryl methyl sites for hydroxylation is 2. The monoisotopic (exact) mass is 459 g/mol. The number of nitrogens with zero attached hydrogens (tertiary/aromatic N) is 2. The number of fused-ring (bicyclic) bond motifs is 1. The molecule has 2 aromatic heterocycles. The SMILES string of the molecule is Cc1sc2nc(SC(C)C(=O)NCc3ccc(F)cc3)n(C3CCCC3)c(=O)c2c1C. The molecule has 31 heavy (non-hydrogen) atoms. The lowest BCUT2D eigenvalue weighted by Gasteiger charge is -2.20. The van der Waals surface area contributed by atoms with E-state index in [2.05, 4.69) is 5.32 Å². The smallest absolute Gasteiger partial charge is 0.263 e. The van der Waals surface area contributed by atoms with Crippen molar-refractivity contribution in [3.63, 3.8) is 0 Å². The van der Waals surface area contributed by atoms with Crippen LogP contribution in [0.1, 0.15) is 54.7 Å². The minimum Gasteiger partial charge on any atom is -0.351 e. The van der Waals surface area contributed by atoms with Crippen molar-refractivity contribution in [3.8, 4) is 0 Å². The molecule has 0 saturated heterocycles. The average Bonchev–Trinajstić information content (AvgIpc) is 3.36. The first kappa shape index (κ1) is 22.0. The molecule has 0 bridgehead atoms. The lowest BCUT2D eigenvalue weighted by molar-refractivity contribution is -0.120. The van der Waals surface area contributed by atoms with Crippen LogP contribution in [0.15, 0.2) is 34.2 Å². The molecule has 164 valence electrons. The molecular formula is C23H26FN3O2S2. The topological polar surface area (TPSA) is 64.0 Å². The Labute approximate surface area is 189 Å². The molecule has 8 heteroatoms. The molecule has 1 aliphatic carbocycles. The molecule has 4 rings (SSSR count). The molecule has 1 atom stereocenters. The Hall–Kier alpha value is -2.19. The van der Waals surface area contributed by atoms with Gasteiger partial charge in [-0.05, 0) is 56.9 Å². The van der Waals surface area contributed by atoms with Gasteiger partial charge in [-0.3, -0.25) is 14.2 Å². The van der Waals surface area contributed by atoms with Crippen LogP contribution in [0.2, 0.25) is 0 Å². The van der Waals surface area contributed by atoms with Gasteiger partial charge in [0.15, 0.2) is 5.16 Å². The van der Waals surface area contributed by atoms with Crippen LogP contribution >= 0.6 is 23.1 Å². The molecule has 2 heterocycles. The fraction of sp³-hybridized carbons (Fsp3) is 0.435. The Balaban J connectivity index is 1.58. The summed E-state index contributed by atoms with van der Waals surface area (Å²) in [7, 11) is 0. The van der Waals surface area contributed by atoms with Crippen molar-refractivity contribution >= 4 is 39.2 Å². The second-order valence-electron chi connectivity index (χ2n) is 8.08. The fourth-order valence-corrected chi connectivity index (χ4v) is 6.08. The maximum atomic E-state index is 13.4. The number of thioether (sulfide) groups is 1. The molecule has 1 saturated carbocycles. The minimum atomic E-state index is -0.417. The third-order valence-electron chi connectivity index (χ3n) is 5.92. The Morgan fingerprint density at radius 2 is 1.97 bits per heavy atom. The van der Waals surface area contributed by atoms with Gasteiger partial charge >= 0.3 is 0 Å². The zero-order valence-corrected chi connectivity index (χ0v) is 19.5. The number of carbonyl (C=O) groups is 1. The van der Waals surface area contributed by atoms with Gasteiger partial charge in [-0.15, -0.1) is 11.3 Å². The van der Waals surface area contributed by atoms with Crippen molar-refractivity contribution in [2.75, 3.05) is 0 Å². The number of hydrogen-bond acceptors (Lipinski definition) is 5. The summed E-state index contributed by atoms with van der Waals surface area (Å²) >= 11 is 2.87. The highest BCUT2D eigenvalue weighted by molar-refractivity contribution is 8.00. The third-order valence-corrected chi connectivity index (χ3v) is 8.09. The Morgan fingerprint density at radius 1 is 1.29 bits per heavy atom. The average molecular weight is 460 g/mol. The van der Waals surface area contributed by atoms with E-state index in [0.29, 0.717) is 17.1 Å². The standard InChI is InChI=1S/C23H26FN3O2S2/c1-13-14(2)30-21-19(13)22(29)27(18-6-4-5-7-18)23(26-21)31-15(3)20(28)25-12-16-8-10-17(24)11-9-16/h8-11,15,18H,4-7,12H2,1-3H3,(H,25,28). The first-order chi connectivity index (χ1) is 14.8. The summed E-state index contributed by atoms with van der Waals surface area (Å²) < 4.78 is 14.9. The van der Waals surface area contributed by atoms with Gasteiger partial charge in [0.05, 0.1) is 10.6 Å². The Bertz CT molecular complexity index is 1160. The number of carbonyl (C=O) groups excluding carboxylic acids is 1. The van der Waals surface area contributed by atoms with E-state index in [9.17, 15) is 14.0 Å². The van der Waals surface area contributed by atoms with Crippen LogP contribution in [0.3, 0.4) is 0 Å². The van der Waals surface area contributed by atoms with E-state index in [1.54, 1.807) is 12.1 Å². The number of aromatic nitrogens is 2. The van der Waals surface area contributed by atoms with E-state index in [0.717, 1.165) is 46.5 Å². The maximum Gasteiger partial charge on any atom is 0.263 e. The molecule has 0 radical (unpaired) electrons. The van der Waals surface area contributed by atoms with E-state index < -0.39 is 5.25 Å². The van der Waals surface area contributed by atoms with Crippen molar-refractivity contribution in [1.82, 2.24) is 14.9 Å². The summed E-state index contributed by atoms with van der Waals surface area (Å²) in [5, 5.41) is 3.82. The van der Waals surface area contributed by atoms with E-state index in [1.165, 1.54) is 35.2 Å². The van der Waals surface area contributed by atoms with E-state index in [-0.39, 0.29) is 23.3 Å². The highest BCUT2D eigenvalue weighted by atomic mass is 32.2. The fourth-order valence-electron chi connectivity index (χ4n) is 4.00. The van der Waals surface area contributed by atoms with Gasteiger partial charge in [-0.2, -0.15) is 0 Å². The van der Waals surface area contributed by atoms with Crippen molar-refractivity contribution in [1.29, 1.82) is 0 Å². The molecule has 3 aromatic rings. The van der Waals surface area contributed by atoms with Crippen molar-refractivity contribution in [2.24, 2.45) is 0 Å². The van der Waals surface area contributed by atoms with Crippen LogP contribution < -0.4 is 10.9 Å². The summed E-state index contributed by atoms with van der Waals surface area (Å²) in [6.45, 7) is 6.15. The normalized spacial score (nSPS) is 15.5. The van der Waals surface area contributed by atoms with Gasteiger partial charge in [0.25, 0.3) is 5.56 Å². The summed E-state index contributed by atoms with van der Waals surface area (Å²) in [5.74, 6) is -0.440. The van der Waals surface area contributed by atoms with Gasteiger partial charge in [-0.25, -0.2) is 9.37 Å². The van der Waals surface area contributed by atoms with E-state index >= 15 is 0 Å². The summed E-state index contributed by atoms with van der Waals surface area (Å²) in [4.78, 5) is 32.8. The van der Waals surface area contributed by atoms with E-state index in [4.69, 9.17) is 4.98 Å². The number of nitrogens with one attached hydrogen (secondary N) is 1. The predicted octanol–water partition coefficient (Wildman–Crippen LogP) is 5.13. The molecule has 1 aliphatic rings. The van der Waals surface area contributed by atoms with Gasteiger partial charge in [-0.1, -0.05) is 36.7 Å². The van der Waals surface area contributed by atoms with Gasteiger partial charge in [0.2, 0.25) is 5.91 Å². The van der Waals surface area contributed by atoms with Crippen LogP contribution in [0.5, 0.6) is 0 Å². The number of benzene rings is 1. The van der Waals surface area contributed by atoms with Gasteiger partial charge < -0.3 is 5.32 Å². The minimum absolute atomic E-state index is 0.0140. The second-order valence-corrected chi connectivity index (χ2v) is 10.6. The molecule has 5 nitrogen and oxygen atoms in total. The van der Waals surface area contributed by atoms with Crippen LogP contribution in [0.25, 0.3) is 10.2 Å². The number of rotatable bonds is 6. The molecule has 0 aliphatic heterocycles. The quantitative estimate of drug-likeness (QED) is 0.410. The highest BCUT2D eigenvalue weighted by Gasteiger charge is 2.27. The number of thiophene rings is 1. The lowest BCUT2D eigenvalue weighted by Crippen LogP contribution is -2.32. The van der Waals surface area contributed by atoms with Crippen molar-refractivity contribution in [3.05, 3.63) is 56.4 Å². The molecule has 1 N–H and O–H groups in total. The van der Waals surface area contributed by atoms with Gasteiger partial charge in [0, 0.05) is 17.5 Å². The lowest BCUT2D eigenvalue weighted by atomic mass is 10.2. The summed E-state index contributed by atoms with van der Waals surface area (Å²) in [5.41, 5.74) is 1.85. The number of halogens is 1. The summed E-state index contributed by atoms with van der Waals surface area (Å²) in [6.07, 6.45) is 4.14. The van der Waals surface area contributed by atoms with Gasteiger partial charge in [0.1, 0.15) is 10.6 Å². The highest BCUT2D eigenvalue weighted by Crippen LogP contribution is 2.35. The Kier molecular flexibility index (Phi) is 6.48. The molecule has 0 spiro atoms. The predicted molar refractivity (Wildman–Crippen MR) is 124 cm³/mol. The largest absolute Gasteiger partial charge is 0.351 e. The first-order valence-electron chi connectivity index (χ1n) is 10.6. The van der Waals surface area contributed by atoms with Crippen LogP contribution in [-0.2, 0) is 11.3 Å². The molecule has 1 unspecified atom stereocenters. The third kappa shape index (κ3) is 4.55. The molecule has 1 aromatic carbocycles. The Morgan fingerprint density at radius 3 is 2.65 bits per heavy atom. The van der Waals surface area contributed by atoms with Crippen molar-refractivity contribution in [2.45, 2.75) is 69.4 Å². The first-order valence-corrected chi connectivity index (χ1v) is 12.3. The summed E-state index contributed by atoms with van der Waals surface area (Å²) in [6, 6.07) is 6.21. The van der Waals surface area contributed by atoms with Crippen LogP contribution in [-0.4, -0.2) is 20.7 Å². The second kappa shape index (κ2) is 9.12. The number of amides is 1. The molecule has 1 fully saturated rings. The number of hydrogen-bond donors (Lipinski definition) is 1. The van der Waals surface area contributed by atoms with Crippen molar-refractivity contribution < 1.29 is 9.18 Å². The molecular weight excluding hydrogens is 433 g/mol. The maximum absolute atomic E-state index is 13.4. The zero-order valence-electron chi connectivity index (χ0n) is 17.9. The van der Waals surface area contributed by atoms with E-state index in [1.807, 2.05) is 25.3 Å². The molecule has 1 amide bonds. The van der Waals surface area contributed by atoms with Crippen LogP contribution in [0.4, 0.5) is 4.39 Å². The van der Waals surface area contributed by atoms with Crippen LogP contribution in [0, 0.1) is 19.7 Å². The zero-order chi connectivity index (χ0) is 22.1.